The summed E-state index contributed by atoms with van der Waals surface area (Å²) in [4.78, 5) is 6.76. The van der Waals surface area contributed by atoms with Gasteiger partial charge in [-0.2, -0.15) is 4.98 Å². The van der Waals surface area contributed by atoms with Crippen LogP contribution in [0.15, 0.2) is 99.3 Å². The molecule has 0 aliphatic carbocycles. The van der Waals surface area contributed by atoms with Gasteiger partial charge in [0.15, 0.2) is 0 Å². The van der Waals surface area contributed by atoms with E-state index >= 15 is 0 Å². The summed E-state index contributed by atoms with van der Waals surface area (Å²) in [6.45, 7) is 3.93. The van der Waals surface area contributed by atoms with E-state index in [2.05, 4.69) is 29.2 Å². The molecule has 1 aliphatic heterocycles. The highest BCUT2D eigenvalue weighted by atomic mass is 32.2. The second kappa shape index (κ2) is 10.6. The van der Waals surface area contributed by atoms with Crippen molar-refractivity contribution >= 4 is 15.7 Å². The van der Waals surface area contributed by atoms with Crippen LogP contribution in [-0.4, -0.2) is 33.1 Å². The van der Waals surface area contributed by atoms with Crippen LogP contribution in [0.3, 0.4) is 0 Å². The molecule has 0 spiro atoms. The van der Waals surface area contributed by atoms with Crippen LogP contribution in [0.2, 0.25) is 0 Å². The molecule has 1 saturated heterocycles. The molecular weight excluding hydrogens is 472 g/mol. The highest BCUT2D eigenvalue weighted by Crippen LogP contribution is 2.37. The van der Waals surface area contributed by atoms with Gasteiger partial charge >= 0.3 is 0 Å². The molecule has 0 saturated carbocycles. The zero-order valence-corrected chi connectivity index (χ0v) is 21.2. The summed E-state index contributed by atoms with van der Waals surface area (Å²) >= 11 is 0. The lowest BCUT2D eigenvalue weighted by molar-refractivity contribution is 0.340. The Bertz CT molecular complexity index is 1380. The van der Waals surface area contributed by atoms with Crippen molar-refractivity contribution in [2.45, 2.75) is 36.1 Å². The number of ether oxygens (including phenoxy) is 1. The van der Waals surface area contributed by atoms with Crippen LogP contribution in [0.25, 0.3) is 11.5 Å². The van der Waals surface area contributed by atoms with Crippen molar-refractivity contribution in [2.75, 3.05) is 24.6 Å². The summed E-state index contributed by atoms with van der Waals surface area (Å²) in [5, 5.41) is -0.0286. The smallest absolute Gasteiger partial charge is 0.236 e. The third-order valence-electron chi connectivity index (χ3n) is 6.57. The number of rotatable bonds is 8. The van der Waals surface area contributed by atoms with Gasteiger partial charge in [0.1, 0.15) is 5.75 Å². The molecule has 0 atom stereocenters. The SMILES string of the molecule is CCOc1ccc(-c2nc(S(=O)(=O)c3ccccc3)c(N3CCC(Cc4ccccc4)CC3)o2)cc1. The maximum atomic E-state index is 13.6. The van der Waals surface area contributed by atoms with Crippen LogP contribution in [-0.2, 0) is 16.3 Å². The Morgan fingerprint density at radius 2 is 1.56 bits per heavy atom. The summed E-state index contributed by atoms with van der Waals surface area (Å²) in [7, 11) is -3.86. The second-order valence-corrected chi connectivity index (χ2v) is 10.9. The molecule has 0 N–H and O–H groups in total. The van der Waals surface area contributed by atoms with E-state index in [0.717, 1.165) is 25.0 Å². The van der Waals surface area contributed by atoms with Crippen LogP contribution < -0.4 is 9.64 Å². The van der Waals surface area contributed by atoms with Crippen molar-refractivity contribution in [3.05, 3.63) is 90.5 Å². The predicted molar refractivity (Wildman–Crippen MR) is 140 cm³/mol. The molecule has 186 valence electrons. The van der Waals surface area contributed by atoms with Gasteiger partial charge in [-0.3, -0.25) is 0 Å². The second-order valence-electron chi connectivity index (χ2n) is 9.02. The van der Waals surface area contributed by atoms with Gasteiger partial charge in [-0.1, -0.05) is 48.5 Å². The summed E-state index contributed by atoms with van der Waals surface area (Å²) in [5.41, 5.74) is 2.04. The van der Waals surface area contributed by atoms with Crippen LogP contribution in [0.4, 0.5) is 5.88 Å². The fraction of sp³-hybridized carbons (Fsp3) is 0.276. The molecule has 2 heterocycles. The fourth-order valence-electron chi connectivity index (χ4n) is 4.66. The first-order valence-corrected chi connectivity index (χ1v) is 13.9. The molecule has 4 aromatic rings. The van der Waals surface area contributed by atoms with Gasteiger partial charge in [0.25, 0.3) is 0 Å². The first-order chi connectivity index (χ1) is 17.5. The average molecular weight is 503 g/mol. The van der Waals surface area contributed by atoms with Crippen LogP contribution in [0.1, 0.15) is 25.3 Å². The van der Waals surface area contributed by atoms with Crippen molar-refractivity contribution in [1.29, 1.82) is 0 Å². The minimum Gasteiger partial charge on any atom is -0.494 e. The molecule has 1 aromatic heterocycles. The van der Waals surface area contributed by atoms with E-state index in [4.69, 9.17) is 9.15 Å². The Morgan fingerprint density at radius 1 is 0.917 bits per heavy atom. The monoisotopic (exact) mass is 502 g/mol. The molecule has 1 fully saturated rings. The molecule has 5 rings (SSSR count). The number of oxazole rings is 1. The van der Waals surface area contributed by atoms with Crippen LogP contribution >= 0.6 is 0 Å². The molecular formula is C29H30N2O4S. The van der Waals surface area contributed by atoms with Crippen molar-refractivity contribution in [3.8, 4) is 17.2 Å². The third-order valence-corrected chi connectivity index (χ3v) is 8.24. The Kier molecular flexibility index (Phi) is 7.09. The normalized spacial score (nSPS) is 14.6. The zero-order valence-electron chi connectivity index (χ0n) is 20.3. The molecule has 7 heteroatoms. The van der Waals surface area contributed by atoms with Gasteiger partial charge in [0.05, 0.1) is 11.5 Å². The van der Waals surface area contributed by atoms with Gasteiger partial charge in [-0.25, -0.2) is 8.42 Å². The largest absolute Gasteiger partial charge is 0.494 e. The van der Waals surface area contributed by atoms with Crippen LogP contribution in [0, 0.1) is 5.92 Å². The van der Waals surface area contributed by atoms with Crippen molar-refractivity contribution in [1.82, 2.24) is 4.98 Å². The molecule has 6 nitrogen and oxygen atoms in total. The lowest BCUT2D eigenvalue weighted by Gasteiger charge is -2.32. The minimum atomic E-state index is -3.86. The van der Waals surface area contributed by atoms with E-state index in [-0.39, 0.29) is 15.8 Å². The van der Waals surface area contributed by atoms with E-state index in [0.29, 0.717) is 37.1 Å². The van der Waals surface area contributed by atoms with Gasteiger partial charge in [-0.15, -0.1) is 0 Å². The number of hydrogen-bond donors (Lipinski definition) is 0. The van der Waals surface area contributed by atoms with Gasteiger partial charge in [-0.05, 0) is 74.1 Å². The molecule has 0 radical (unpaired) electrons. The molecule has 0 bridgehead atoms. The average Bonchev–Trinajstić information content (AvgIpc) is 3.37. The lowest BCUT2D eigenvalue weighted by atomic mass is 9.90. The molecule has 0 amide bonds. The Hall–Kier alpha value is -3.58. The van der Waals surface area contributed by atoms with Gasteiger partial charge < -0.3 is 14.1 Å². The topological polar surface area (TPSA) is 72.6 Å². The lowest BCUT2D eigenvalue weighted by Crippen LogP contribution is -2.34. The minimum absolute atomic E-state index is 0.0286. The number of sulfone groups is 1. The molecule has 3 aromatic carbocycles. The summed E-state index contributed by atoms with van der Waals surface area (Å²) in [6.07, 6.45) is 2.94. The van der Waals surface area contributed by atoms with Gasteiger partial charge in [0.2, 0.25) is 26.6 Å². The maximum Gasteiger partial charge on any atom is 0.236 e. The first-order valence-electron chi connectivity index (χ1n) is 12.4. The molecule has 36 heavy (non-hydrogen) atoms. The Morgan fingerprint density at radius 3 is 2.19 bits per heavy atom. The van der Waals surface area contributed by atoms with E-state index < -0.39 is 9.84 Å². The summed E-state index contributed by atoms with van der Waals surface area (Å²) < 4.78 is 39.0. The zero-order chi connectivity index (χ0) is 25.0. The number of nitrogens with zero attached hydrogens (tertiary/aromatic N) is 2. The van der Waals surface area contributed by atoms with Crippen LogP contribution in [0.5, 0.6) is 5.75 Å². The Labute approximate surface area is 212 Å². The number of piperidine rings is 1. The number of benzene rings is 3. The van der Waals surface area contributed by atoms with Crippen molar-refractivity contribution in [2.24, 2.45) is 5.92 Å². The quantitative estimate of drug-likeness (QED) is 0.293. The highest BCUT2D eigenvalue weighted by molar-refractivity contribution is 7.91. The number of aromatic nitrogens is 1. The van der Waals surface area contributed by atoms with E-state index in [1.54, 1.807) is 30.3 Å². The van der Waals surface area contributed by atoms with Crippen molar-refractivity contribution in [3.63, 3.8) is 0 Å². The van der Waals surface area contributed by atoms with E-state index in [1.807, 2.05) is 42.2 Å². The Balaban J connectivity index is 1.44. The van der Waals surface area contributed by atoms with Gasteiger partial charge in [0, 0.05) is 18.7 Å². The molecule has 0 unspecified atom stereocenters. The third kappa shape index (κ3) is 5.16. The maximum absolute atomic E-state index is 13.6. The standard InChI is InChI=1S/C29H30N2O4S/c1-2-34-25-15-13-24(14-16-25)27-30-28(36(32,33)26-11-7-4-8-12-26)29(35-27)31-19-17-23(18-20-31)21-22-9-5-3-6-10-22/h3-16,23H,2,17-21H2,1H3. The number of hydrogen-bond acceptors (Lipinski definition) is 6. The van der Waals surface area contributed by atoms with E-state index in [1.165, 1.54) is 5.56 Å². The number of anilines is 1. The molecule has 1 aliphatic rings. The fourth-order valence-corrected chi connectivity index (χ4v) is 6.00. The highest BCUT2D eigenvalue weighted by Gasteiger charge is 2.33. The predicted octanol–water partition coefficient (Wildman–Crippen LogP) is 6.03. The summed E-state index contributed by atoms with van der Waals surface area (Å²) in [6, 6.07) is 26.3. The van der Waals surface area contributed by atoms with Crippen molar-refractivity contribution < 1.29 is 17.6 Å². The first kappa shape index (κ1) is 24.1. The van der Waals surface area contributed by atoms with E-state index in [9.17, 15) is 8.42 Å². The summed E-state index contributed by atoms with van der Waals surface area (Å²) in [5.74, 6) is 1.90.